The molecule has 4 heterocycles. The van der Waals surface area contributed by atoms with E-state index in [0.29, 0.717) is 23.7 Å². The van der Waals surface area contributed by atoms with Gasteiger partial charge in [0.1, 0.15) is 18.4 Å². The maximum atomic E-state index is 12.3. The second-order valence-electron chi connectivity index (χ2n) is 6.06. The summed E-state index contributed by atoms with van der Waals surface area (Å²) in [7, 11) is -2.26. The lowest BCUT2D eigenvalue weighted by Crippen LogP contribution is -2.36. The number of nitrogens with two attached hydrogens (primary N) is 1. The minimum Gasteiger partial charge on any atom is -0.476 e. The fourth-order valence-electron chi connectivity index (χ4n) is 3.27. The van der Waals surface area contributed by atoms with Crippen molar-refractivity contribution in [1.82, 2.24) is 19.5 Å². The molecule has 0 radical (unpaired) electrons. The number of nitrogens with zero attached hydrogens (tertiary/aromatic N) is 4. The fourth-order valence-corrected chi connectivity index (χ4v) is 4.48. The Kier molecular flexibility index (Phi) is 4.36. The van der Waals surface area contributed by atoms with Gasteiger partial charge in [-0.3, -0.25) is 18.1 Å². The molecule has 2 aliphatic heterocycles. The van der Waals surface area contributed by atoms with Crippen LogP contribution in [0.15, 0.2) is 6.33 Å². The summed E-state index contributed by atoms with van der Waals surface area (Å²) >= 11 is 0. The van der Waals surface area contributed by atoms with Crippen LogP contribution in [0.4, 0.5) is 5.95 Å². The molecule has 5 atom stereocenters. The van der Waals surface area contributed by atoms with Crippen molar-refractivity contribution in [2.45, 2.75) is 32.3 Å². The number of fused-ring (bicyclic) bond motifs is 2. The molecule has 142 valence electrons. The Bertz CT molecular complexity index is 875. The van der Waals surface area contributed by atoms with Crippen molar-refractivity contribution in [1.29, 1.82) is 0 Å². The van der Waals surface area contributed by atoms with Gasteiger partial charge < -0.3 is 15.2 Å². The Morgan fingerprint density at radius 2 is 2.27 bits per heavy atom. The molecular weight excluding hydrogens is 365 g/mol. The van der Waals surface area contributed by atoms with Crippen LogP contribution in [0.25, 0.3) is 11.2 Å². The number of nitrogen functional groups attached to an aromatic ring is 1. The normalized spacial score (nSPS) is 34.1. The summed E-state index contributed by atoms with van der Waals surface area (Å²) in [6, 6.07) is 0. The Labute approximate surface area is 149 Å². The Morgan fingerprint density at radius 3 is 3.00 bits per heavy atom. The summed E-state index contributed by atoms with van der Waals surface area (Å²) in [5.41, 5.74) is 6.79. The van der Waals surface area contributed by atoms with Crippen LogP contribution in [0, 0.1) is 5.92 Å². The van der Waals surface area contributed by atoms with E-state index in [1.807, 2.05) is 13.8 Å². The van der Waals surface area contributed by atoms with Crippen molar-refractivity contribution in [3.63, 3.8) is 0 Å². The highest BCUT2D eigenvalue weighted by Gasteiger charge is 2.52. The van der Waals surface area contributed by atoms with Crippen LogP contribution in [0.3, 0.4) is 0 Å². The van der Waals surface area contributed by atoms with Crippen LogP contribution in [0.1, 0.15) is 20.1 Å². The van der Waals surface area contributed by atoms with Gasteiger partial charge in [-0.25, -0.2) is 9.55 Å². The van der Waals surface area contributed by atoms with E-state index in [9.17, 15) is 4.57 Å². The number of rotatable bonds is 4. The zero-order valence-electron chi connectivity index (χ0n) is 14.6. The van der Waals surface area contributed by atoms with Crippen LogP contribution < -0.4 is 10.5 Å². The van der Waals surface area contributed by atoms with Crippen molar-refractivity contribution in [2.24, 2.45) is 5.92 Å². The van der Waals surface area contributed by atoms with E-state index in [-0.39, 0.29) is 24.6 Å². The monoisotopic (exact) mass is 385 g/mol. The van der Waals surface area contributed by atoms with Crippen LogP contribution in [-0.4, -0.2) is 52.1 Å². The number of imidazole rings is 1. The number of phosphoric ester groups is 1. The molecule has 0 saturated carbocycles. The molecule has 2 aromatic heterocycles. The van der Waals surface area contributed by atoms with Crippen molar-refractivity contribution >= 4 is 24.9 Å². The lowest BCUT2D eigenvalue weighted by atomic mass is 10.0. The second-order valence-corrected chi connectivity index (χ2v) is 7.79. The van der Waals surface area contributed by atoms with Gasteiger partial charge in [0.25, 0.3) is 0 Å². The minimum absolute atomic E-state index is 0.0780. The van der Waals surface area contributed by atoms with Gasteiger partial charge in [0.2, 0.25) is 11.8 Å². The second kappa shape index (κ2) is 6.43. The third-order valence-corrected chi connectivity index (χ3v) is 5.90. The molecule has 2 aliphatic rings. The minimum atomic E-state index is -3.55. The SMILES string of the molecule is CCOc1nc(N)nc2c1ncn2[C@@H]1O[C@@H]2COP(=O)(OC)O[C@H]2C1C. The van der Waals surface area contributed by atoms with Crippen LogP contribution in [0.2, 0.25) is 0 Å². The maximum Gasteiger partial charge on any atom is 0.474 e. The van der Waals surface area contributed by atoms with E-state index in [1.54, 1.807) is 10.9 Å². The molecule has 2 saturated heterocycles. The van der Waals surface area contributed by atoms with E-state index in [1.165, 1.54) is 7.11 Å². The smallest absolute Gasteiger partial charge is 0.474 e. The highest BCUT2D eigenvalue weighted by atomic mass is 31.2. The summed E-state index contributed by atoms with van der Waals surface area (Å²) in [5.74, 6) is 0.242. The van der Waals surface area contributed by atoms with Crippen molar-refractivity contribution in [3.05, 3.63) is 6.33 Å². The number of phosphoric acid groups is 1. The standard InChI is InChI=1S/C14H20N5O6P/c1-4-22-12-9-11(17-14(15)18-12)19(6-16-9)13-7(2)10-8(24-13)5-23-26(20,21-3)25-10/h6-8,10,13H,4-5H2,1-3H3,(H2,15,17,18)/t7?,8-,10+,13-,26?/m1/s1. The van der Waals surface area contributed by atoms with Crippen molar-refractivity contribution in [2.75, 3.05) is 26.1 Å². The highest BCUT2D eigenvalue weighted by molar-refractivity contribution is 7.48. The molecule has 12 heteroatoms. The molecule has 0 aliphatic carbocycles. The Morgan fingerprint density at radius 1 is 1.46 bits per heavy atom. The third kappa shape index (κ3) is 2.76. The van der Waals surface area contributed by atoms with Gasteiger partial charge in [0.05, 0.1) is 19.5 Å². The summed E-state index contributed by atoms with van der Waals surface area (Å²) in [6.07, 6.45) is 0.319. The number of hydrogen-bond donors (Lipinski definition) is 1. The molecule has 26 heavy (non-hydrogen) atoms. The summed E-state index contributed by atoms with van der Waals surface area (Å²) < 4.78 is 41.2. The predicted molar refractivity (Wildman–Crippen MR) is 89.4 cm³/mol. The van der Waals surface area contributed by atoms with Gasteiger partial charge in [-0.15, -0.1) is 0 Å². The first-order valence-corrected chi connectivity index (χ1v) is 9.69. The average Bonchev–Trinajstić information content (AvgIpc) is 3.17. The number of aromatic nitrogens is 4. The van der Waals surface area contributed by atoms with Crippen molar-refractivity contribution < 1.29 is 27.6 Å². The topological polar surface area (TPSA) is 133 Å². The van der Waals surface area contributed by atoms with E-state index in [4.69, 9.17) is 28.8 Å². The van der Waals surface area contributed by atoms with Crippen LogP contribution in [-0.2, 0) is 22.9 Å². The lowest BCUT2D eigenvalue weighted by Gasteiger charge is -2.30. The van der Waals surface area contributed by atoms with E-state index >= 15 is 0 Å². The molecule has 0 amide bonds. The van der Waals surface area contributed by atoms with Crippen LogP contribution in [0.5, 0.6) is 5.88 Å². The Hall–Kier alpha value is -1.78. The quantitative estimate of drug-likeness (QED) is 0.772. The van der Waals surface area contributed by atoms with Crippen LogP contribution >= 0.6 is 7.82 Å². The molecule has 11 nitrogen and oxygen atoms in total. The molecule has 4 rings (SSSR count). The molecular formula is C14H20N5O6P. The van der Waals surface area contributed by atoms with E-state index in [0.717, 1.165) is 0 Å². The van der Waals surface area contributed by atoms with Gasteiger partial charge in [-0.2, -0.15) is 9.97 Å². The molecule has 2 unspecified atom stereocenters. The zero-order chi connectivity index (χ0) is 18.5. The number of anilines is 1. The first-order valence-electron chi connectivity index (χ1n) is 8.22. The zero-order valence-corrected chi connectivity index (χ0v) is 15.5. The average molecular weight is 385 g/mol. The first-order chi connectivity index (χ1) is 12.5. The molecule has 0 spiro atoms. The van der Waals surface area contributed by atoms with E-state index in [2.05, 4.69) is 15.0 Å². The largest absolute Gasteiger partial charge is 0.476 e. The van der Waals surface area contributed by atoms with Gasteiger partial charge in [0, 0.05) is 13.0 Å². The lowest BCUT2D eigenvalue weighted by molar-refractivity contribution is -0.0684. The van der Waals surface area contributed by atoms with Gasteiger partial charge in [0.15, 0.2) is 11.2 Å². The summed E-state index contributed by atoms with van der Waals surface area (Å²) in [4.78, 5) is 12.7. The Balaban J connectivity index is 1.69. The van der Waals surface area contributed by atoms with Gasteiger partial charge in [-0.05, 0) is 6.92 Å². The fraction of sp³-hybridized carbons (Fsp3) is 0.643. The molecule has 2 aromatic rings. The molecule has 0 bridgehead atoms. The van der Waals surface area contributed by atoms with Gasteiger partial charge in [-0.1, -0.05) is 6.92 Å². The number of ether oxygens (including phenoxy) is 2. The van der Waals surface area contributed by atoms with Gasteiger partial charge >= 0.3 is 7.82 Å². The number of hydrogen-bond acceptors (Lipinski definition) is 10. The first kappa shape index (κ1) is 17.6. The summed E-state index contributed by atoms with van der Waals surface area (Å²) in [6.45, 7) is 4.32. The predicted octanol–water partition coefficient (Wildman–Crippen LogP) is 1.51. The summed E-state index contributed by atoms with van der Waals surface area (Å²) in [5, 5.41) is 0. The van der Waals surface area contributed by atoms with Crippen molar-refractivity contribution in [3.8, 4) is 5.88 Å². The third-order valence-electron chi connectivity index (χ3n) is 4.48. The molecule has 2 fully saturated rings. The molecule has 2 N–H and O–H groups in total. The maximum absolute atomic E-state index is 12.3. The molecule has 0 aromatic carbocycles. The van der Waals surface area contributed by atoms with E-state index < -0.39 is 20.2 Å². The highest BCUT2D eigenvalue weighted by Crippen LogP contribution is 2.57.